The molecule has 1 saturated carbocycles. The van der Waals surface area contributed by atoms with Crippen LogP contribution in [0.25, 0.3) is 0 Å². The molecule has 0 radical (unpaired) electrons. The number of amides is 1. The van der Waals surface area contributed by atoms with Gasteiger partial charge >= 0.3 is 0 Å². The van der Waals surface area contributed by atoms with Crippen LogP contribution in [-0.4, -0.2) is 48.7 Å². The number of hydrogen-bond acceptors (Lipinski definition) is 6. The van der Waals surface area contributed by atoms with E-state index in [1.165, 1.54) is 6.07 Å². The average molecular weight is 582 g/mol. The monoisotopic (exact) mass is 581 g/mol. The van der Waals surface area contributed by atoms with Crippen LogP contribution < -0.4 is 19.1 Å². The lowest BCUT2D eigenvalue weighted by atomic mass is 9.65. The predicted molar refractivity (Wildman–Crippen MR) is 154 cm³/mol. The van der Waals surface area contributed by atoms with Crippen molar-refractivity contribution in [3.63, 3.8) is 0 Å². The van der Waals surface area contributed by atoms with E-state index in [4.69, 9.17) is 9.47 Å². The third kappa shape index (κ3) is 5.13. The van der Waals surface area contributed by atoms with Gasteiger partial charge in [-0.25, -0.2) is 13.5 Å². The zero-order chi connectivity index (χ0) is 28.7. The zero-order valence-corrected chi connectivity index (χ0v) is 23.9. The number of fused-ring (bicyclic) bond motifs is 2. The maximum Gasteiger partial charge on any atom is 0.250 e. The smallest absolute Gasteiger partial charge is 0.250 e. The Bertz CT molecular complexity index is 1420. The lowest BCUT2D eigenvalue weighted by Gasteiger charge is -2.37. The van der Waals surface area contributed by atoms with E-state index in [1.807, 2.05) is 24.3 Å². The molecule has 0 aromatic heterocycles. The zero-order valence-electron chi connectivity index (χ0n) is 23.1. The molecule has 1 amide bonds. The van der Waals surface area contributed by atoms with Crippen LogP contribution in [0.1, 0.15) is 43.2 Å². The summed E-state index contributed by atoms with van der Waals surface area (Å²) in [6.07, 6.45) is 3.90. The normalized spacial score (nSPS) is 19.1. The van der Waals surface area contributed by atoms with E-state index < -0.39 is 33.3 Å². The minimum absolute atomic E-state index is 0.0150. The van der Waals surface area contributed by atoms with E-state index in [9.17, 15) is 18.1 Å². The summed E-state index contributed by atoms with van der Waals surface area (Å²) >= 11 is -2.21. The number of carbonyl (C=O) groups excluding carboxylic acids is 1. The Labute approximate surface area is 241 Å². The van der Waals surface area contributed by atoms with Gasteiger partial charge in [-0.15, -0.1) is 0 Å². The van der Waals surface area contributed by atoms with Gasteiger partial charge in [-0.1, -0.05) is 24.6 Å². The number of rotatable bonds is 8. The first kappa shape index (κ1) is 27.8. The first-order valence-electron chi connectivity index (χ1n) is 13.9. The first-order valence-corrected chi connectivity index (χ1v) is 15.0. The van der Waals surface area contributed by atoms with E-state index in [-0.39, 0.29) is 12.0 Å². The van der Waals surface area contributed by atoms with Crippen molar-refractivity contribution < 1.29 is 27.6 Å². The standard InChI is InChI=1S/C31H33F2N3O4S/c1-35-15-11-23(12-16-35)40-27-18-21(34-41(38)29-25(32)5-3-6-26(29)33)17-24-28(27)36(30(37)31(24)13-4-14-31)19-20-7-9-22(39-2)10-8-20/h3,5-10,17-18,23,34H,4,11-16,19H2,1-2H3. The van der Waals surface area contributed by atoms with Gasteiger partial charge in [-0.05, 0) is 74.2 Å². The lowest BCUT2D eigenvalue weighted by molar-refractivity contribution is -0.126. The molecule has 1 saturated heterocycles. The number of methoxy groups -OCH3 is 1. The highest BCUT2D eigenvalue weighted by Crippen LogP contribution is 2.57. The van der Waals surface area contributed by atoms with Crippen molar-refractivity contribution in [2.24, 2.45) is 0 Å². The fourth-order valence-electron chi connectivity index (χ4n) is 6.05. The molecule has 3 aliphatic rings. The van der Waals surface area contributed by atoms with E-state index in [1.54, 1.807) is 24.1 Å². The molecular formula is C31H33F2N3O4S. The van der Waals surface area contributed by atoms with Crippen LogP contribution in [0.15, 0.2) is 59.5 Å². The average Bonchev–Trinajstić information content (AvgIpc) is 3.18. The second kappa shape index (κ2) is 11.2. The van der Waals surface area contributed by atoms with Gasteiger partial charge < -0.3 is 23.8 Å². The molecule has 1 atom stereocenters. The van der Waals surface area contributed by atoms with E-state index in [0.717, 1.165) is 67.0 Å². The summed E-state index contributed by atoms with van der Waals surface area (Å²) < 4.78 is 56.7. The molecule has 2 fully saturated rings. The number of carbonyl (C=O) groups is 1. The largest absolute Gasteiger partial charge is 0.588 e. The summed E-state index contributed by atoms with van der Waals surface area (Å²) in [6, 6.07) is 14.5. The van der Waals surface area contributed by atoms with Gasteiger partial charge in [-0.3, -0.25) is 4.79 Å². The number of nitrogens with one attached hydrogen (secondary N) is 1. The summed E-state index contributed by atoms with van der Waals surface area (Å²) in [5.74, 6) is -0.525. The Morgan fingerprint density at radius 3 is 2.37 bits per heavy atom. The predicted octanol–water partition coefficient (Wildman–Crippen LogP) is 5.55. The second-order valence-electron chi connectivity index (χ2n) is 11.1. The van der Waals surface area contributed by atoms with E-state index >= 15 is 0 Å². The summed E-state index contributed by atoms with van der Waals surface area (Å²) in [5.41, 5.74) is 2.16. The molecule has 1 aliphatic carbocycles. The van der Waals surface area contributed by atoms with Crippen molar-refractivity contribution in [2.75, 3.05) is 36.9 Å². The highest BCUT2D eigenvalue weighted by Gasteiger charge is 2.55. The van der Waals surface area contributed by atoms with Crippen LogP contribution in [0.4, 0.5) is 20.2 Å². The van der Waals surface area contributed by atoms with E-state index in [0.29, 0.717) is 30.8 Å². The Hall–Kier alpha value is -3.34. The van der Waals surface area contributed by atoms with Crippen molar-refractivity contribution in [2.45, 2.75) is 55.1 Å². The number of likely N-dealkylation sites (tertiary alicyclic amines) is 1. The molecule has 2 heterocycles. The number of halogens is 2. The van der Waals surface area contributed by atoms with Crippen LogP contribution in [0.3, 0.4) is 0 Å². The summed E-state index contributed by atoms with van der Waals surface area (Å²) in [7, 11) is 3.69. The molecule has 1 spiro atoms. The van der Waals surface area contributed by atoms with Gasteiger partial charge in [-0.2, -0.15) is 0 Å². The maximum absolute atomic E-state index is 14.4. The second-order valence-corrected chi connectivity index (χ2v) is 12.2. The van der Waals surface area contributed by atoms with Gasteiger partial charge in [0.15, 0.2) is 11.6 Å². The summed E-state index contributed by atoms with van der Waals surface area (Å²) in [5, 5.41) is 0. The van der Waals surface area contributed by atoms with Gasteiger partial charge in [0.25, 0.3) is 4.90 Å². The van der Waals surface area contributed by atoms with Crippen molar-refractivity contribution in [3.05, 3.63) is 77.4 Å². The van der Waals surface area contributed by atoms with Crippen LogP contribution in [-0.2, 0) is 28.1 Å². The van der Waals surface area contributed by atoms with Crippen molar-refractivity contribution in [1.82, 2.24) is 4.90 Å². The Morgan fingerprint density at radius 1 is 1.07 bits per heavy atom. The number of hydrogen-bond donors (Lipinski definition) is 1. The summed E-state index contributed by atoms with van der Waals surface area (Å²) in [6.45, 7) is 2.14. The molecule has 3 aromatic rings. The highest BCUT2D eigenvalue weighted by molar-refractivity contribution is 7.92. The molecule has 2 aliphatic heterocycles. The Kier molecular flexibility index (Phi) is 7.56. The van der Waals surface area contributed by atoms with Gasteiger partial charge in [0.1, 0.15) is 29.0 Å². The first-order chi connectivity index (χ1) is 19.8. The molecule has 216 valence electrons. The third-order valence-corrected chi connectivity index (χ3v) is 9.68. The van der Waals surface area contributed by atoms with Crippen LogP contribution in [0.5, 0.6) is 11.5 Å². The fourth-order valence-corrected chi connectivity index (χ4v) is 6.98. The number of ether oxygens (including phenoxy) is 2. The lowest BCUT2D eigenvalue weighted by Crippen LogP contribution is -2.44. The van der Waals surface area contributed by atoms with Gasteiger partial charge in [0.05, 0.1) is 30.4 Å². The van der Waals surface area contributed by atoms with Crippen LogP contribution in [0, 0.1) is 11.6 Å². The van der Waals surface area contributed by atoms with Crippen LogP contribution in [0.2, 0.25) is 0 Å². The fraction of sp³-hybridized carbons (Fsp3) is 0.387. The third-order valence-electron chi connectivity index (χ3n) is 8.50. The number of anilines is 2. The Balaban J connectivity index is 1.40. The minimum atomic E-state index is -2.21. The van der Waals surface area contributed by atoms with Gasteiger partial charge in [0, 0.05) is 19.2 Å². The molecule has 41 heavy (non-hydrogen) atoms. The number of piperidine rings is 1. The summed E-state index contributed by atoms with van der Waals surface area (Å²) in [4.78, 5) is 17.6. The molecule has 3 aromatic carbocycles. The maximum atomic E-state index is 14.4. The van der Waals surface area contributed by atoms with E-state index in [2.05, 4.69) is 16.7 Å². The quantitative estimate of drug-likeness (QED) is 0.352. The molecular weight excluding hydrogens is 548 g/mol. The van der Waals surface area contributed by atoms with Crippen molar-refractivity contribution in [3.8, 4) is 11.5 Å². The molecule has 7 nitrogen and oxygen atoms in total. The topological polar surface area (TPSA) is 77.1 Å². The Morgan fingerprint density at radius 2 is 1.76 bits per heavy atom. The minimum Gasteiger partial charge on any atom is -0.588 e. The van der Waals surface area contributed by atoms with Gasteiger partial charge in [0.2, 0.25) is 5.91 Å². The van der Waals surface area contributed by atoms with Crippen molar-refractivity contribution in [1.29, 1.82) is 0 Å². The molecule has 10 heteroatoms. The molecule has 6 rings (SSSR count). The molecule has 0 bridgehead atoms. The number of nitrogens with zero attached hydrogens (tertiary/aromatic N) is 2. The number of benzene rings is 3. The SMILES string of the molecule is COc1ccc(CN2C(=O)C3(CCC3)c3cc(N[S+]([O-])c4c(F)cccc4F)cc(OC4CCN(C)CC4)c32)cc1. The van der Waals surface area contributed by atoms with Crippen LogP contribution >= 0.6 is 0 Å². The van der Waals surface area contributed by atoms with Crippen molar-refractivity contribution >= 4 is 28.6 Å². The molecule has 1 unspecified atom stereocenters. The molecule has 1 N–H and O–H groups in total. The highest BCUT2D eigenvalue weighted by atomic mass is 32.2.